The fourth-order valence-electron chi connectivity index (χ4n) is 2.43. The van der Waals surface area contributed by atoms with Crippen LogP contribution in [0, 0.1) is 5.82 Å². The largest absolute Gasteiger partial charge is 0.370 e. The third-order valence-electron chi connectivity index (χ3n) is 3.64. The molecule has 1 aliphatic rings. The minimum atomic E-state index is -3.06. The molecule has 0 saturated carbocycles. The van der Waals surface area contributed by atoms with Crippen molar-refractivity contribution >= 4 is 27.3 Å². The molecule has 2 rings (SSSR count). The highest BCUT2D eigenvalue weighted by Gasteiger charge is 2.25. The first-order valence-electron chi connectivity index (χ1n) is 7.28. The van der Waals surface area contributed by atoms with Crippen molar-refractivity contribution in [1.82, 2.24) is 4.90 Å². The van der Waals surface area contributed by atoms with Crippen LogP contribution < -0.4 is 0 Å². The molecule has 1 heterocycles. The first-order valence-corrected chi connectivity index (χ1v) is 9.72. The predicted octanol–water partition coefficient (Wildman–Crippen LogP) is 2.20. The van der Waals surface area contributed by atoms with E-state index in [0.717, 1.165) is 6.26 Å². The highest BCUT2D eigenvalue weighted by atomic mass is 35.5. The van der Waals surface area contributed by atoms with Crippen LogP contribution in [-0.4, -0.2) is 50.9 Å². The quantitative estimate of drug-likeness (QED) is 0.804. The van der Waals surface area contributed by atoms with Gasteiger partial charge in [0.2, 0.25) is 5.91 Å². The summed E-state index contributed by atoms with van der Waals surface area (Å²) >= 11 is 5.78. The Bertz CT molecular complexity index is 680. The van der Waals surface area contributed by atoms with Crippen molar-refractivity contribution < 1.29 is 22.3 Å². The Morgan fingerprint density at radius 2 is 2.22 bits per heavy atom. The molecule has 0 N–H and O–H groups in total. The molecule has 23 heavy (non-hydrogen) atoms. The van der Waals surface area contributed by atoms with E-state index in [0.29, 0.717) is 31.7 Å². The van der Waals surface area contributed by atoms with E-state index in [1.807, 2.05) is 0 Å². The van der Waals surface area contributed by atoms with E-state index in [2.05, 4.69) is 0 Å². The van der Waals surface area contributed by atoms with Crippen LogP contribution >= 0.6 is 11.6 Å². The van der Waals surface area contributed by atoms with Gasteiger partial charge >= 0.3 is 0 Å². The van der Waals surface area contributed by atoms with Gasteiger partial charge in [-0.25, -0.2) is 12.8 Å². The second-order valence-electron chi connectivity index (χ2n) is 5.61. The maximum absolute atomic E-state index is 13.2. The molecular formula is C15H19ClFNO4S. The van der Waals surface area contributed by atoms with Crippen molar-refractivity contribution in [2.75, 3.05) is 31.7 Å². The topological polar surface area (TPSA) is 63.7 Å². The highest BCUT2D eigenvalue weighted by molar-refractivity contribution is 7.90. The van der Waals surface area contributed by atoms with Crippen molar-refractivity contribution in [2.24, 2.45) is 0 Å². The molecule has 128 valence electrons. The number of nitrogens with zero attached hydrogens (tertiary/aromatic N) is 1. The summed E-state index contributed by atoms with van der Waals surface area (Å²) in [5.41, 5.74) is 0.713. The Labute approximate surface area is 140 Å². The summed E-state index contributed by atoms with van der Waals surface area (Å²) in [6.07, 6.45) is 1.28. The molecule has 0 aliphatic carbocycles. The summed E-state index contributed by atoms with van der Waals surface area (Å²) in [7, 11) is -3.06. The molecule has 1 unspecified atom stereocenters. The van der Waals surface area contributed by atoms with E-state index in [4.69, 9.17) is 16.3 Å². The van der Waals surface area contributed by atoms with Crippen molar-refractivity contribution in [2.45, 2.75) is 18.9 Å². The van der Waals surface area contributed by atoms with Crippen molar-refractivity contribution in [3.05, 3.63) is 34.6 Å². The predicted molar refractivity (Wildman–Crippen MR) is 85.6 cm³/mol. The number of carbonyl (C=O) groups is 1. The summed E-state index contributed by atoms with van der Waals surface area (Å²) in [5.74, 6) is -0.602. The molecule has 1 atom stereocenters. The van der Waals surface area contributed by atoms with Gasteiger partial charge in [-0.3, -0.25) is 4.79 Å². The van der Waals surface area contributed by atoms with Crippen LogP contribution in [0.4, 0.5) is 4.39 Å². The molecule has 1 aromatic rings. The second-order valence-corrected chi connectivity index (χ2v) is 8.27. The molecule has 0 radical (unpaired) electrons. The van der Waals surface area contributed by atoms with Crippen LogP contribution in [0.2, 0.25) is 5.02 Å². The van der Waals surface area contributed by atoms with Crippen LogP contribution in [0.25, 0.3) is 0 Å². The van der Waals surface area contributed by atoms with Gasteiger partial charge in [0.1, 0.15) is 21.8 Å². The maximum Gasteiger partial charge on any atom is 0.222 e. The Morgan fingerprint density at radius 3 is 2.87 bits per heavy atom. The smallest absolute Gasteiger partial charge is 0.222 e. The number of carbonyl (C=O) groups excluding carboxylic acids is 1. The number of halogens is 2. The monoisotopic (exact) mass is 363 g/mol. The lowest BCUT2D eigenvalue weighted by Crippen LogP contribution is -2.42. The van der Waals surface area contributed by atoms with Gasteiger partial charge in [-0.2, -0.15) is 0 Å². The number of ether oxygens (including phenoxy) is 1. The standard InChI is InChI=1S/C15H19ClFNO4S/c1-23(20,21)8-2-3-15(19)18-6-7-22-14(10-18)11-4-5-13(17)12(16)9-11/h4-5,9,14H,2-3,6-8,10H2,1H3. The average molecular weight is 364 g/mol. The third kappa shape index (κ3) is 5.44. The van der Waals surface area contributed by atoms with Gasteiger partial charge in [0.15, 0.2) is 0 Å². The molecule has 0 bridgehead atoms. The first-order chi connectivity index (χ1) is 10.8. The number of hydrogen-bond donors (Lipinski definition) is 0. The number of amides is 1. The molecule has 5 nitrogen and oxygen atoms in total. The van der Waals surface area contributed by atoms with Gasteiger partial charge in [0.25, 0.3) is 0 Å². The lowest BCUT2D eigenvalue weighted by Gasteiger charge is -2.33. The van der Waals surface area contributed by atoms with E-state index in [-0.39, 0.29) is 29.2 Å². The van der Waals surface area contributed by atoms with E-state index in [1.54, 1.807) is 11.0 Å². The summed E-state index contributed by atoms with van der Waals surface area (Å²) in [5, 5.41) is 0.0164. The van der Waals surface area contributed by atoms with E-state index in [1.165, 1.54) is 12.1 Å². The zero-order valence-corrected chi connectivity index (χ0v) is 14.4. The van der Waals surface area contributed by atoms with Gasteiger partial charge in [-0.05, 0) is 24.1 Å². The summed E-state index contributed by atoms with van der Waals surface area (Å²) in [6, 6.07) is 4.36. The fraction of sp³-hybridized carbons (Fsp3) is 0.533. The summed E-state index contributed by atoms with van der Waals surface area (Å²) in [4.78, 5) is 13.8. The highest BCUT2D eigenvalue weighted by Crippen LogP contribution is 2.26. The number of hydrogen-bond acceptors (Lipinski definition) is 4. The molecule has 1 fully saturated rings. The van der Waals surface area contributed by atoms with Gasteiger partial charge in [0, 0.05) is 19.2 Å². The SMILES string of the molecule is CS(=O)(=O)CCCC(=O)N1CCOC(c2ccc(F)c(Cl)c2)C1. The number of morpholine rings is 1. The minimum Gasteiger partial charge on any atom is -0.370 e. The van der Waals surface area contributed by atoms with Gasteiger partial charge in [-0.15, -0.1) is 0 Å². The Balaban J connectivity index is 1.94. The molecule has 1 amide bonds. The normalized spacial score (nSPS) is 18.9. The number of benzene rings is 1. The molecular weight excluding hydrogens is 345 g/mol. The van der Waals surface area contributed by atoms with Crippen LogP contribution in [0.3, 0.4) is 0 Å². The van der Waals surface area contributed by atoms with Gasteiger partial charge in [0.05, 0.1) is 23.9 Å². The third-order valence-corrected chi connectivity index (χ3v) is 4.96. The van der Waals surface area contributed by atoms with Crippen LogP contribution in [-0.2, 0) is 19.4 Å². The minimum absolute atomic E-state index is 0.0000780. The van der Waals surface area contributed by atoms with Crippen molar-refractivity contribution in [3.8, 4) is 0 Å². The van der Waals surface area contributed by atoms with Crippen molar-refractivity contribution in [1.29, 1.82) is 0 Å². The Kier molecular flexibility index (Phi) is 6.00. The second kappa shape index (κ2) is 7.59. The van der Waals surface area contributed by atoms with E-state index >= 15 is 0 Å². The average Bonchev–Trinajstić information content (AvgIpc) is 2.49. The molecule has 0 aromatic heterocycles. The van der Waals surface area contributed by atoms with Gasteiger partial charge in [-0.1, -0.05) is 17.7 Å². The first kappa shape index (κ1) is 18.2. The van der Waals surface area contributed by atoms with Crippen molar-refractivity contribution in [3.63, 3.8) is 0 Å². The number of rotatable bonds is 5. The molecule has 1 aromatic carbocycles. The summed E-state index contributed by atoms with van der Waals surface area (Å²) < 4.78 is 41.0. The fourth-order valence-corrected chi connectivity index (χ4v) is 3.29. The molecule has 8 heteroatoms. The zero-order valence-electron chi connectivity index (χ0n) is 12.8. The van der Waals surface area contributed by atoms with E-state index in [9.17, 15) is 17.6 Å². The summed E-state index contributed by atoms with van der Waals surface area (Å²) in [6.45, 7) is 1.18. The lowest BCUT2D eigenvalue weighted by atomic mass is 10.1. The van der Waals surface area contributed by atoms with Crippen LogP contribution in [0.15, 0.2) is 18.2 Å². The maximum atomic E-state index is 13.2. The molecule has 1 saturated heterocycles. The van der Waals surface area contributed by atoms with Gasteiger partial charge < -0.3 is 9.64 Å². The molecule has 0 spiro atoms. The molecule has 1 aliphatic heterocycles. The van der Waals surface area contributed by atoms with Crippen LogP contribution in [0.1, 0.15) is 24.5 Å². The Hall–Kier alpha value is -1.18. The zero-order chi connectivity index (χ0) is 17.0. The lowest BCUT2D eigenvalue weighted by molar-refractivity contribution is -0.139. The van der Waals surface area contributed by atoms with E-state index < -0.39 is 15.7 Å². The Morgan fingerprint density at radius 1 is 1.48 bits per heavy atom. The number of sulfone groups is 1. The van der Waals surface area contributed by atoms with Crippen LogP contribution in [0.5, 0.6) is 0 Å².